The number of epoxide rings is 1. The van der Waals surface area contributed by atoms with Crippen molar-refractivity contribution < 1.29 is 33.7 Å². The number of rotatable bonds is 4. The molecule has 0 aromatic heterocycles. The number of anilines is 1. The van der Waals surface area contributed by atoms with Gasteiger partial charge in [0, 0.05) is 31.9 Å². The van der Waals surface area contributed by atoms with E-state index in [1.54, 1.807) is 12.1 Å². The first-order chi connectivity index (χ1) is 18.0. The first kappa shape index (κ1) is 25.8. The number of hydrogen-bond acceptors (Lipinski definition) is 9. The monoisotopic (exact) mass is 526 g/mol. The highest BCUT2D eigenvalue weighted by Crippen LogP contribution is 2.54. The summed E-state index contributed by atoms with van der Waals surface area (Å²) in [5.74, 6) is -0.162. The number of hydrogen-bond donors (Lipinski definition) is 2. The second kappa shape index (κ2) is 9.05. The van der Waals surface area contributed by atoms with Crippen LogP contribution in [-0.2, 0) is 34.2 Å². The average molecular weight is 527 g/mol. The normalized spacial score (nSPS) is 43.3. The largest absolute Gasteiger partial charge is 0.457 e. The lowest BCUT2D eigenvalue weighted by atomic mass is 9.58. The van der Waals surface area contributed by atoms with Gasteiger partial charge in [-0.1, -0.05) is 31.2 Å². The van der Waals surface area contributed by atoms with Gasteiger partial charge in [0.15, 0.2) is 12.3 Å². The number of hydroxylamine groups is 1. The summed E-state index contributed by atoms with van der Waals surface area (Å²) in [6, 6.07) is 6.70. The van der Waals surface area contributed by atoms with E-state index in [0.717, 1.165) is 30.7 Å². The number of para-hydroxylation sites is 1. The van der Waals surface area contributed by atoms with E-state index in [2.05, 4.69) is 25.2 Å². The lowest BCUT2D eigenvalue weighted by Gasteiger charge is -2.50. The number of carbonyl (C=O) groups is 2. The van der Waals surface area contributed by atoms with Crippen molar-refractivity contribution in [3.8, 4) is 0 Å². The molecule has 1 saturated carbocycles. The van der Waals surface area contributed by atoms with Gasteiger partial charge in [0.1, 0.15) is 17.7 Å². The number of nitrogens with one attached hydrogen (secondary N) is 1. The molecule has 1 aromatic carbocycles. The standard InChI is InChI=1S/C29H38N2O7/c1-15-10-11-19(28(4)14-35-28)18-12-16(2)24(36-17(3)32)25(23(15)18)37-26(33)21-13-29(34)20-8-6-7-9-22(20)31(5)38-27(29)30-21/h6-9,12,15,18-19,21,23-25,27,30,34H,10-11,13-14H2,1-5H3. The Labute approximate surface area is 223 Å². The van der Waals surface area contributed by atoms with Crippen molar-refractivity contribution in [2.45, 2.75) is 82.6 Å². The van der Waals surface area contributed by atoms with Gasteiger partial charge in [0.05, 0.1) is 17.9 Å². The third-order valence-corrected chi connectivity index (χ3v) is 9.57. The second-order valence-electron chi connectivity index (χ2n) is 12.1. The van der Waals surface area contributed by atoms with Gasteiger partial charge in [0.25, 0.3) is 0 Å². The summed E-state index contributed by atoms with van der Waals surface area (Å²) < 4.78 is 17.9. The minimum Gasteiger partial charge on any atom is -0.457 e. The molecule has 0 spiro atoms. The van der Waals surface area contributed by atoms with Crippen LogP contribution in [-0.4, -0.2) is 60.8 Å². The van der Waals surface area contributed by atoms with Gasteiger partial charge in [-0.2, -0.15) is 0 Å². The second-order valence-corrected chi connectivity index (χ2v) is 12.1. The highest BCUT2D eigenvalue weighted by atomic mass is 16.7. The third kappa shape index (κ3) is 4.06. The summed E-state index contributed by atoms with van der Waals surface area (Å²) in [5.41, 5.74) is 0.815. The van der Waals surface area contributed by atoms with Gasteiger partial charge in [0.2, 0.25) is 0 Å². The quantitative estimate of drug-likeness (QED) is 0.348. The predicted octanol–water partition coefficient (Wildman–Crippen LogP) is 2.81. The van der Waals surface area contributed by atoms with E-state index in [1.807, 2.05) is 31.2 Å². The summed E-state index contributed by atoms with van der Waals surface area (Å²) in [7, 11) is 1.78. The molecule has 10 unspecified atom stereocenters. The molecule has 0 bridgehead atoms. The van der Waals surface area contributed by atoms with Crippen molar-refractivity contribution in [3.05, 3.63) is 41.5 Å². The van der Waals surface area contributed by atoms with Gasteiger partial charge in [-0.3, -0.25) is 24.8 Å². The molecule has 38 heavy (non-hydrogen) atoms. The van der Waals surface area contributed by atoms with Gasteiger partial charge in [-0.15, -0.1) is 0 Å². The molecular formula is C29H38N2O7. The molecule has 10 atom stereocenters. The van der Waals surface area contributed by atoms with Gasteiger partial charge >= 0.3 is 11.9 Å². The van der Waals surface area contributed by atoms with E-state index in [0.29, 0.717) is 11.5 Å². The number of carbonyl (C=O) groups excluding carboxylic acids is 2. The first-order valence-electron chi connectivity index (χ1n) is 13.7. The van der Waals surface area contributed by atoms with Crippen LogP contribution in [0.2, 0.25) is 0 Å². The number of esters is 2. The van der Waals surface area contributed by atoms with E-state index in [-0.39, 0.29) is 29.8 Å². The molecular weight excluding hydrogens is 488 g/mol. The number of allylic oxidation sites excluding steroid dienone is 1. The molecule has 6 rings (SSSR count). The number of aliphatic hydroxyl groups is 1. The Balaban J connectivity index is 1.28. The Morgan fingerprint density at radius 1 is 1.21 bits per heavy atom. The Morgan fingerprint density at radius 2 is 1.95 bits per heavy atom. The summed E-state index contributed by atoms with van der Waals surface area (Å²) in [6.07, 6.45) is 2.29. The van der Waals surface area contributed by atoms with Crippen LogP contribution < -0.4 is 10.4 Å². The minimum atomic E-state index is -1.38. The van der Waals surface area contributed by atoms with Crippen LogP contribution >= 0.6 is 0 Å². The van der Waals surface area contributed by atoms with Gasteiger partial charge in [-0.05, 0) is 56.1 Å². The summed E-state index contributed by atoms with van der Waals surface area (Å²) >= 11 is 0. The fourth-order valence-electron chi connectivity index (χ4n) is 7.49. The Bertz CT molecular complexity index is 1170. The van der Waals surface area contributed by atoms with Crippen molar-refractivity contribution in [2.75, 3.05) is 18.7 Å². The van der Waals surface area contributed by atoms with Crippen molar-refractivity contribution in [1.82, 2.24) is 5.32 Å². The Morgan fingerprint density at radius 3 is 2.66 bits per heavy atom. The molecule has 2 aliphatic carbocycles. The van der Waals surface area contributed by atoms with Crippen molar-refractivity contribution in [1.29, 1.82) is 0 Å². The van der Waals surface area contributed by atoms with Crippen molar-refractivity contribution >= 4 is 17.6 Å². The maximum atomic E-state index is 13.8. The zero-order chi connectivity index (χ0) is 27.0. The van der Waals surface area contributed by atoms with Crippen LogP contribution in [0.3, 0.4) is 0 Å². The number of nitrogens with zero attached hydrogens (tertiary/aromatic N) is 1. The molecule has 2 saturated heterocycles. The fourth-order valence-corrected chi connectivity index (χ4v) is 7.49. The van der Waals surface area contributed by atoms with Crippen LogP contribution in [0.5, 0.6) is 0 Å². The smallest absolute Gasteiger partial charge is 0.323 e. The highest BCUT2D eigenvalue weighted by Gasteiger charge is 2.59. The molecule has 3 aliphatic heterocycles. The van der Waals surface area contributed by atoms with Crippen molar-refractivity contribution in [2.24, 2.45) is 23.7 Å². The van der Waals surface area contributed by atoms with Crippen molar-refractivity contribution in [3.63, 3.8) is 0 Å². The summed E-state index contributed by atoms with van der Waals surface area (Å²) in [5, 5.41) is 16.4. The van der Waals surface area contributed by atoms with Gasteiger partial charge < -0.3 is 19.3 Å². The van der Waals surface area contributed by atoms with Gasteiger partial charge in [-0.25, -0.2) is 0 Å². The number of ether oxygens (including phenoxy) is 3. The Kier molecular flexibility index (Phi) is 6.14. The molecule has 0 amide bonds. The lowest BCUT2D eigenvalue weighted by Crippen LogP contribution is -2.55. The van der Waals surface area contributed by atoms with E-state index in [1.165, 1.54) is 6.92 Å². The minimum absolute atomic E-state index is 0.0124. The third-order valence-electron chi connectivity index (χ3n) is 9.57. The molecule has 3 heterocycles. The molecule has 206 valence electrons. The molecule has 9 nitrogen and oxygen atoms in total. The number of fused-ring (bicyclic) bond motifs is 4. The maximum absolute atomic E-state index is 13.8. The predicted molar refractivity (Wildman–Crippen MR) is 138 cm³/mol. The summed E-state index contributed by atoms with van der Waals surface area (Å²) in [4.78, 5) is 31.8. The topological polar surface area (TPSA) is 110 Å². The summed E-state index contributed by atoms with van der Waals surface area (Å²) in [6.45, 7) is 8.42. The van der Waals surface area contributed by atoms with Crippen LogP contribution in [0.1, 0.15) is 52.5 Å². The fraction of sp³-hybridized carbons (Fsp3) is 0.655. The molecule has 3 fully saturated rings. The molecule has 0 radical (unpaired) electrons. The zero-order valence-electron chi connectivity index (χ0n) is 22.7. The zero-order valence-corrected chi connectivity index (χ0v) is 22.7. The van der Waals surface area contributed by atoms with Crippen LogP contribution in [0, 0.1) is 23.7 Å². The molecule has 1 aromatic rings. The highest BCUT2D eigenvalue weighted by molar-refractivity contribution is 5.77. The Hall–Kier alpha value is -2.46. The van der Waals surface area contributed by atoms with E-state index < -0.39 is 42.0 Å². The average Bonchev–Trinajstić information content (AvgIpc) is 3.51. The lowest BCUT2D eigenvalue weighted by molar-refractivity contribution is -0.178. The van der Waals surface area contributed by atoms with E-state index >= 15 is 0 Å². The molecule has 5 aliphatic rings. The molecule has 9 heteroatoms. The maximum Gasteiger partial charge on any atom is 0.323 e. The first-order valence-corrected chi connectivity index (χ1v) is 13.7. The van der Waals surface area contributed by atoms with E-state index in [9.17, 15) is 14.7 Å². The van der Waals surface area contributed by atoms with Crippen LogP contribution in [0.25, 0.3) is 0 Å². The number of benzene rings is 1. The SMILES string of the molecule is CC(=O)OC1C(C)=CC2C(C(C)CCC2C2(C)CO2)C1OC(=O)C1CC2(O)c3ccccc3N(C)OC2N1. The van der Waals surface area contributed by atoms with E-state index in [4.69, 9.17) is 19.0 Å². The van der Waals surface area contributed by atoms with Crippen LogP contribution in [0.15, 0.2) is 35.9 Å². The molecule has 2 N–H and O–H groups in total. The van der Waals surface area contributed by atoms with Crippen LogP contribution in [0.4, 0.5) is 5.69 Å².